The Hall–Kier alpha value is -3.10. The number of H-pyrrole nitrogens is 1. The molecule has 4 N–H and O–H groups in total. The molecule has 1 atom stereocenters. The van der Waals surface area contributed by atoms with E-state index in [2.05, 4.69) is 26.1 Å². The molecule has 9 heteroatoms. The molecule has 2 heterocycles. The molecule has 0 radical (unpaired) electrons. The summed E-state index contributed by atoms with van der Waals surface area (Å²) < 4.78 is 13.3. The van der Waals surface area contributed by atoms with Crippen molar-refractivity contribution in [3.63, 3.8) is 0 Å². The lowest BCUT2D eigenvalue weighted by atomic mass is 9.94. The highest BCUT2D eigenvalue weighted by Gasteiger charge is 2.28. The lowest BCUT2D eigenvalue weighted by Crippen LogP contribution is -2.42. The Balaban J connectivity index is 1.65. The van der Waals surface area contributed by atoms with Gasteiger partial charge in [0.15, 0.2) is 0 Å². The standard InChI is InChI=1S/C18H23FN6O2/c1-2-20-17(26)23-15-10-21-24-16(15)12-5-4-8-25(11-12)18(27)22-14-7-3-6-13(19)9-14/h3,6-7,9-10,12H,2,4-5,8,11H2,1H3,(H,21,24)(H,22,27)(H2,20,23,26)/t12-/m0/s1. The van der Waals surface area contributed by atoms with Crippen LogP contribution in [-0.2, 0) is 0 Å². The molecule has 27 heavy (non-hydrogen) atoms. The zero-order chi connectivity index (χ0) is 19.2. The molecule has 8 nitrogen and oxygen atoms in total. The Kier molecular flexibility index (Phi) is 5.90. The van der Waals surface area contributed by atoms with Crippen molar-refractivity contribution in [1.82, 2.24) is 20.4 Å². The third-order valence-corrected chi connectivity index (χ3v) is 4.45. The zero-order valence-electron chi connectivity index (χ0n) is 15.1. The lowest BCUT2D eigenvalue weighted by molar-refractivity contribution is 0.192. The number of hydrogen-bond acceptors (Lipinski definition) is 3. The monoisotopic (exact) mass is 374 g/mol. The van der Waals surface area contributed by atoms with Gasteiger partial charge < -0.3 is 20.9 Å². The Morgan fingerprint density at radius 2 is 2.22 bits per heavy atom. The number of nitrogens with one attached hydrogen (secondary N) is 4. The minimum absolute atomic E-state index is 0.0245. The molecule has 4 amide bonds. The van der Waals surface area contributed by atoms with Crippen LogP contribution in [0.2, 0.25) is 0 Å². The first-order valence-corrected chi connectivity index (χ1v) is 8.96. The number of rotatable bonds is 4. The van der Waals surface area contributed by atoms with Crippen LogP contribution in [0, 0.1) is 5.82 Å². The van der Waals surface area contributed by atoms with E-state index < -0.39 is 5.82 Å². The number of amides is 4. The zero-order valence-corrected chi connectivity index (χ0v) is 15.1. The highest BCUT2D eigenvalue weighted by atomic mass is 19.1. The predicted octanol–water partition coefficient (Wildman–Crippen LogP) is 3.10. The van der Waals surface area contributed by atoms with Crippen LogP contribution in [0.25, 0.3) is 0 Å². The van der Waals surface area contributed by atoms with Crippen LogP contribution in [0.15, 0.2) is 30.5 Å². The van der Waals surface area contributed by atoms with Crippen molar-refractivity contribution in [2.75, 3.05) is 30.3 Å². The fraction of sp³-hybridized carbons (Fsp3) is 0.389. The number of halogens is 1. The average molecular weight is 374 g/mol. The Labute approximate surface area is 156 Å². The highest BCUT2D eigenvalue weighted by molar-refractivity contribution is 5.90. The van der Waals surface area contributed by atoms with Crippen LogP contribution in [0.4, 0.5) is 25.4 Å². The molecule has 1 fully saturated rings. The van der Waals surface area contributed by atoms with Crippen LogP contribution in [0.3, 0.4) is 0 Å². The van der Waals surface area contributed by atoms with E-state index in [-0.39, 0.29) is 18.0 Å². The van der Waals surface area contributed by atoms with E-state index >= 15 is 0 Å². The molecule has 0 aliphatic carbocycles. The summed E-state index contributed by atoms with van der Waals surface area (Å²) in [5, 5.41) is 15.1. The van der Waals surface area contributed by atoms with Gasteiger partial charge in [-0.3, -0.25) is 5.10 Å². The quantitative estimate of drug-likeness (QED) is 0.661. The largest absolute Gasteiger partial charge is 0.338 e. The smallest absolute Gasteiger partial charge is 0.321 e. The number of likely N-dealkylation sites (tertiary alicyclic amines) is 1. The average Bonchev–Trinajstić information content (AvgIpc) is 3.10. The maximum atomic E-state index is 13.3. The topological polar surface area (TPSA) is 102 Å². The molecule has 3 rings (SSSR count). The predicted molar refractivity (Wildman–Crippen MR) is 100 cm³/mol. The molecular formula is C18H23FN6O2. The van der Waals surface area contributed by atoms with Gasteiger partial charge in [0.2, 0.25) is 0 Å². The van der Waals surface area contributed by atoms with E-state index in [0.717, 1.165) is 18.5 Å². The molecule has 1 aliphatic rings. The maximum absolute atomic E-state index is 13.3. The van der Waals surface area contributed by atoms with Gasteiger partial charge in [-0.05, 0) is 38.0 Å². The number of piperidine rings is 1. The summed E-state index contributed by atoms with van der Waals surface area (Å²) >= 11 is 0. The number of aromatic amines is 1. The number of hydrogen-bond donors (Lipinski definition) is 4. The van der Waals surface area contributed by atoms with Crippen molar-refractivity contribution in [2.24, 2.45) is 0 Å². The molecule has 2 aromatic rings. The Morgan fingerprint density at radius 3 is 3.00 bits per heavy atom. The van der Waals surface area contributed by atoms with Gasteiger partial charge in [0.1, 0.15) is 5.82 Å². The maximum Gasteiger partial charge on any atom is 0.321 e. The van der Waals surface area contributed by atoms with Crippen LogP contribution >= 0.6 is 0 Å². The summed E-state index contributed by atoms with van der Waals surface area (Å²) in [4.78, 5) is 26.0. The summed E-state index contributed by atoms with van der Waals surface area (Å²) in [7, 11) is 0. The summed E-state index contributed by atoms with van der Waals surface area (Å²) in [6.45, 7) is 3.46. The first kappa shape index (κ1) is 18.7. The second-order valence-electron chi connectivity index (χ2n) is 6.41. The van der Waals surface area contributed by atoms with Gasteiger partial charge in [-0.25, -0.2) is 14.0 Å². The normalized spacial score (nSPS) is 16.7. The highest BCUT2D eigenvalue weighted by Crippen LogP contribution is 2.30. The van der Waals surface area contributed by atoms with E-state index in [9.17, 15) is 14.0 Å². The fourth-order valence-corrected chi connectivity index (χ4v) is 3.20. The first-order valence-electron chi connectivity index (χ1n) is 8.96. The molecule has 0 spiro atoms. The minimum atomic E-state index is -0.400. The molecule has 1 saturated heterocycles. The summed E-state index contributed by atoms with van der Waals surface area (Å²) in [5.74, 6) is -0.376. The number of urea groups is 2. The van der Waals surface area contributed by atoms with Gasteiger partial charge in [0.05, 0.1) is 17.6 Å². The van der Waals surface area contributed by atoms with E-state index in [1.165, 1.54) is 12.1 Å². The SMILES string of the molecule is CCNC(=O)Nc1cn[nH]c1[C@H]1CCCN(C(=O)Nc2cccc(F)c2)C1. The van der Waals surface area contributed by atoms with E-state index in [1.807, 2.05) is 6.92 Å². The van der Waals surface area contributed by atoms with Gasteiger partial charge in [0, 0.05) is 31.2 Å². The van der Waals surface area contributed by atoms with E-state index in [0.29, 0.717) is 31.0 Å². The molecule has 1 aromatic carbocycles. The molecule has 1 aromatic heterocycles. The minimum Gasteiger partial charge on any atom is -0.338 e. The molecular weight excluding hydrogens is 351 g/mol. The number of anilines is 2. The Bertz CT molecular complexity index is 809. The first-order chi connectivity index (χ1) is 13.1. The van der Waals surface area contributed by atoms with Gasteiger partial charge >= 0.3 is 12.1 Å². The number of nitrogens with zero attached hydrogens (tertiary/aromatic N) is 2. The van der Waals surface area contributed by atoms with Gasteiger partial charge in [-0.1, -0.05) is 6.07 Å². The number of aromatic nitrogens is 2. The van der Waals surface area contributed by atoms with E-state index in [1.54, 1.807) is 23.2 Å². The number of benzene rings is 1. The van der Waals surface area contributed by atoms with Crippen LogP contribution in [0.5, 0.6) is 0 Å². The molecule has 0 saturated carbocycles. The molecule has 144 valence electrons. The van der Waals surface area contributed by atoms with Crippen molar-refractivity contribution in [3.05, 3.63) is 42.0 Å². The molecule has 0 bridgehead atoms. The van der Waals surface area contributed by atoms with E-state index in [4.69, 9.17) is 0 Å². The van der Waals surface area contributed by atoms with Gasteiger partial charge in [-0.15, -0.1) is 0 Å². The number of carbonyl (C=O) groups excluding carboxylic acids is 2. The second-order valence-corrected chi connectivity index (χ2v) is 6.41. The van der Waals surface area contributed by atoms with Gasteiger partial charge in [0.25, 0.3) is 0 Å². The van der Waals surface area contributed by atoms with Crippen molar-refractivity contribution in [2.45, 2.75) is 25.7 Å². The van der Waals surface area contributed by atoms with Gasteiger partial charge in [-0.2, -0.15) is 5.10 Å². The van der Waals surface area contributed by atoms with Crippen molar-refractivity contribution in [1.29, 1.82) is 0 Å². The fourth-order valence-electron chi connectivity index (χ4n) is 3.20. The summed E-state index contributed by atoms with van der Waals surface area (Å²) in [6.07, 6.45) is 3.26. The second kappa shape index (κ2) is 8.52. The summed E-state index contributed by atoms with van der Waals surface area (Å²) in [6, 6.07) is 5.23. The van der Waals surface area contributed by atoms with Crippen molar-refractivity contribution in [3.8, 4) is 0 Å². The number of carbonyl (C=O) groups is 2. The Morgan fingerprint density at radius 1 is 1.37 bits per heavy atom. The lowest BCUT2D eigenvalue weighted by Gasteiger charge is -2.32. The molecule has 1 aliphatic heterocycles. The van der Waals surface area contributed by atoms with Crippen LogP contribution < -0.4 is 16.0 Å². The van der Waals surface area contributed by atoms with Crippen LogP contribution in [-0.4, -0.2) is 46.8 Å². The third-order valence-electron chi connectivity index (χ3n) is 4.45. The van der Waals surface area contributed by atoms with Crippen molar-refractivity contribution >= 4 is 23.4 Å². The van der Waals surface area contributed by atoms with Crippen LogP contribution in [0.1, 0.15) is 31.4 Å². The molecule has 0 unspecified atom stereocenters. The third kappa shape index (κ3) is 4.75. The van der Waals surface area contributed by atoms with Crippen molar-refractivity contribution < 1.29 is 14.0 Å². The summed E-state index contributed by atoms with van der Waals surface area (Å²) in [5.41, 5.74) is 1.82.